The van der Waals surface area contributed by atoms with Crippen LogP contribution in [0.4, 0.5) is 0 Å². The first-order chi connectivity index (χ1) is 11.6. The Hall–Kier alpha value is -1.14. The van der Waals surface area contributed by atoms with E-state index in [1.54, 1.807) is 11.3 Å². The molecular formula is C18H32N4OS. The fourth-order valence-electron chi connectivity index (χ4n) is 3.13. The number of guanidine groups is 1. The molecule has 6 heteroatoms. The van der Waals surface area contributed by atoms with Gasteiger partial charge in [0.15, 0.2) is 5.96 Å². The first kappa shape index (κ1) is 19.2. The zero-order chi connectivity index (χ0) is 17.4. The summed E-state index contributed by atoms with van der Waals surface area (Å²) in [6.45, 7) is 8.71. The molecule has 2 N–H and O–H groups in total. The Labute approximate surface area is 150 Å². The molecule has 1 aliphatic carbocycles. The molecule has 0 amide bonds. The van der Waals surface area contributed by atoms with Crippen molar-refractivity contribution in [2.45, 2.75) is 71.4 Å². The normalized spacial score (nSPS) is 17.8. The van der Waals surface area contributed by atoms with Gasteiger partial charge in [-0.2, -0.15) is 0 Å². The average Bonchev–Trinajstić information content (AvgIpc) is 2.92. The third-order valence-electron chi connectivity index (χ3n) is 4.66. The molecule has 1 heterocycles. The molecule has 1 saturated carbocycles. The van der Waals surface area contributed by atoms with Crippen molar-refractivity contribution >= 4 is 17.3 Å². The molecule has 0 bridgehead atoms. The number of nitrogens with one attached hydrogen (secondary N) is 2. The molecule has 24 heavy (non-hydrogen) atoms. The number of hydrogen-bond donors (Lipinski definition) is 2. The number of rotatable bonds is 7. The summed E-state index contributed by atoms with van der Waals surface area (Å²) in [7, 11) is 1.81. The van der Waals surface area contributed by atoms with Crippen LogP contribution in [0.25, 0.3) is 0 Å². The van der Waals surface area contributed by atoms with E-state index in [1.165, 1.54) is 24.1 Å². The summed E-state index contributed by atoms with van der Waals surface area (Å²) in [6.07, 6.45) is 7.19. The van der Waals surface area contributed by atoms with Crippen LogP contribution < -0.4 is 10.6 Å². The Morgan fingerprint density at radius 3 is 2.58 bits per heavy atom. The fraction of sp³-hybridized carbons (Fsp3) is 0.778. The van der Waals surface area contributed by atoms with Gasteiger partial charge in [0.05, 0.1) is 17.8 Å². The van der Waals surface area contributed by atoms with E-state index < -0.39 is 0 Å². The van der Waals surface area contributed by atoms with Crippen LogP contribution >= 0.6 is 11.3 Å². The lowest BCUT2D eigenvalue weighted by molar-refractivity contribution is -0.0657. The number of ether oxygens (including phenoxy) is 1. The SMILES string of the molecule is CCCOC1(CNC(=NC)NCc2nc(C)c(C)s2)CCCCC1. The summed E-state index contributed by atoms with van der Waals surface area (Å²) in [4.78, 5) is 10.2. The highest BCUT2D eigenvalue weighted by atomic mass is 32.1. The first-order valence-corrected chi connectivity index (χ1v) is 9.91. The molecule has 1 aromatic heterocycles. The third-order valence-corrected chi connectivity index (χ3v) is 5.73. The summed E-state index contributed by atoms with van der Waals surface area (Å²) in [5.74, 6) is 0.825. The Kier molecular flexibility index (Phi) is 7.49. The molecular weight excluding hydrogens is 320 g/mol. The molecule has 0 atom stereocenters. The highest BCUT2D eigenvalue weighted by Gasteiger charge is 2.32. The van der Waals surface area contributed by atoms with E-state index in [1.807, 2.05) is 7.05 Å². The zero-order valence-corrected chi connectivity index (χ0v) is 16.4. The van der Waals surface area contributed by atoms with Crippen LogP contribution in [-0.4, -0.2) is 36.7 Å². The minimum atomic E-state index is -0.0275. The smallest absolute Gasteiger partial charge is 0.191 e. The Morgan fingerprint density at radius 1 is 1.25 bits per heavy atom. The lowest BCUT2D eigenvalue weighted by atomic mass is 9.84. The van der Waals surface area contributed by atoms with Gasteiger partial charge in [-0.05, 0) is 33.1 Å². The minimum Gasteiger partial charge on any atom is -0.373 e. The van der Waals surface area contributed by atoms with E-state index in [9.17, 15) is 0 Å². The minimum absolute atomic E-state index is 0.0275. The van der Waals surface area contributed by atoms with Gasteiger partial charge in [0.1, 0.15) is 5.01 Å². The largest absolute Gasteiger partial charge is 0.373 e. The molecule has 2 rings (SSSR count). The number of aromatic nitrogens is 1. The summed E-state index contributed by atoms with van der Waals surface area (Å²) in [5.41, 5.74) is 1.09. The van der Waals surface area contributed by atoms with Gasteiger partial charge in [0.2, 0.25) is 0 Å². The van der Waals surface area contributed by atoms with Crippen molar-refractivity contribution in [1.29, 1.82) is 0 Å². The van der Waals surface area contributed by atoms with Gasteiger partial charge in [-0.1, -0.05) is 26.2 Å². The first-order valence-electron chi connectivity index (χ1n) is 9.10. The van der Waals surface area contributed by atoms with Gasteiger partial charge in [0, 0.05) is 25.1 Å². The summed E-state index contributed by atoms with van der Waals surface area (Å²) < 4.78 is 6.24. The van der Waals surface area contributed by atoms with Crippen molar-refractivity contribution in [3.05, 3.63) is 15.6 Å². The van der Waals surface area contributed by atoms with E-state index in [0.717, 1.165) is 49.1 Å². The second-order valence-corrected chi connectivity index (χ2v) is 7.91. The Balaban J connectivity index is 1.86. The van der Waals surface area contributed by atoms with Gasteiger partial charge >= 0.3 is 0 Å². The van der Waals surface area contributed by atoms with Crippen LogP contribution in [0.15, 0.2) is 4.99 Å². The molecule has 0 radical (unpaired) electrons. The molecule has 0 aromatic carbocycles. The van der Waals surface area contributed by atoms with Crippen LogP contribution in [0.1, 0.15) is 61.0 Å². The zero-order valence-electron chi connectivity index (χ0n) is 15.6. The maximum atomic E-state index is 6.24. The molecule has 1 fully saturated rings. The molecule has 136 valence electrons. The Morgan fingerprint density at radius 2 is 2.00 bits per heavy atom. The molecule has 1 aromatic rings. The number of aryl methyl sites for hydroxylation is 2. The Bertz CT molecular complexity index is 516. The van der Waals surface area contributed by atoms with Crippen molar-refractivity contribution < 1.29 is 4.74 Å². The second kappa shape index (κ2) is 9.37. The van der Waals surface area contributed by atoms with Gasteiger partial charge in [-0.15, -0.1) is 11.3 Å². The molecule has 0 spiro atoms. The summed E-state index contributed by atoms with van der Waals surface area (Å²) >= 11 is 1.74. The van der Waals surface area contributed by atoms with Crippen molar-refractivity contribution in [3.63, 3.8) is 0 Å². The second-order valence-electron chi connectivity index (χ2n) is 6.62. The van der Waals surface area contributed by atoms with E-state index in [4.69, 9.17) is 4.74 Å². The van der Waals surface area contributed by atoms with Gasteiger partial charge in [0.25, 0.3) is 0 Å². The predicted molar refractivity (Wildman–Crippen MR) is 102 cm³/mol. The molecule has 0 unspecified atom stereocenters. The molecule has 0 saturated heterocycles. The van der Waals surface area contributed by atoms with Crippen LogP contribution in [0.2, 0.25) is 0 Å². The fourth-order valence-corrected chi connectivity index (χ4v) is 4.00. The topological polar surface area (TPSA) is 58.5 Å². The van der Waals surface area contributed by atoms with E-state index in [2.05, 4.69) is 41.4 Å². The summed E-state index contributed by atoms with van der Waals surface area (Å²) in [5, 5.41) is 7.94. The van der Waals surface area contributed by atoms with Crippen LogP contribution in [0.5, 0.6) is 0 Å². The monoisotopic (exact) mass is 352 g/mol. The van der Waals surface area contributed by atoms with Crippen molar-refractivity contribution in [2.75, 3.05) is 20.2 Å². The molecule has 1 aliphatic rings. The quantitative estimate of drug-likeness (QED) is 0.582. The van der Waals surface area contributed by atoms with Crippen molar-refractivity contribution in [2.24, 2.45) is 4.99 Å². The van der Waals surface area contributed by atoms with Gasteiger partial charge < -0.3 is 15.4 Å². The lowest BCUT2D eigenvalue weighted by Gasteiger charge is -2.37. The maximum absolute atomic E-state index is 6.24. The standard InChI is InChI=1S/C18H32N4OS/c1-5-11-23-18(9-7-6-8-10-18)13-21-17(19-4)20-12-16-22-14(2)15(3)24-16/h5-13H2,1-4H3,(H2,19,20,21). The molecule has 5 nitrogen and oxygen atoms in total. The number of nitrogens with zero attached hydrogens (tertiary/aromatic N) is 2. The van der Waals surface area contributed by atoms with Crippen LogP contribution in [-0.2, 0) is 11.3 Å². The number of hydrogen-bond acceptors (Lipinski definition) is 4. The average molecular weight is 353 g/mol. The maximum Gasteiger partial charge on any atom is 0.191 e. The van der Waals surface area contributed by atoms with E-state index in [-0.39, 0.29) is 5.60 Å². The summed E-state index contributed by atoms with van der Waals surface area (Å²) in [6, 6.07) is 0. The van der Waals surface area contributed by atoms with Crippen molar-refractivity contribution in [3.8, 4) is 0 Å². The van der Waals surface area contributed by atoms with Crippen LogP contribution in [0, 0.1) is 13.8 Å². The molecule has 0 aliphatic heterocycles. The van der Waals surface area contributed by atoms with Gasteiger partial charge in [-0.3, -0.25) is 4.99 Å². The highest BCUT2D eigenvalue weighted by Crippen LogP contribution is 2.31. The number of aliphatic imine (C=N–C) groups is 1. The van der Waals surface area contributed by atoms with E-state index in [0.29, 0.717) is 6.54 Å². The van der Waals surface area contributed by atoms with Crippen molar-refractivity contribution in [1.82, 2.24) is 15.6 Å². The highest BCUT2D eigenvalue weighted by molar-refractivity contribution is 7.11. The third kappa shape index (κ3) is 5.45. The lowest BCUT2D eigenvalue weighted by Crippen LogP contribution is -2.49. The van der Waals surface area contributed by atoms with Crippen LogP contribution in [0.3, 0.4) is 0 Å². The van der Waals surface area contributed by atoms with Gasteiger partial charge in [-0.25, -0.2) is 4.98 Å². The predicted octanol–water partition coefficient (Wildman–Crippen LogP) is 3.55. The van der Waals surface area contributed by atoms with E-state index >= 15 is 0 Å². The number of thiazole rings is 1.